The number of nitrogens with zero attached hydrogens (tertiary/aromatic N) is 1. The Kier molecular flexibility index (Phi) is 5.88. The van der Waals surface area contributed by atoms with E-state index in [9.17, 15) is 4.79 Å². The molecule has 5 heteroatoms. The number of hydrogen-bond donors (Lipinski definition) is 2. The highest BCUT2D eigenvalue weighted by molar-refractivity contribution is 6.31. The maximum absolute atomic E-state index is 12.4. The van der Waals surface area contributed by atoms with Crippen molar-refractivity contribution < 1.29 is 4.79 Å². The van der Waals surface area contributed by atoms with Crippen LogP contribution in [0.2, 0.25) is 5.02 Å². The molecule has 0 aromatic heterocycles. The smallest absolute Gasteiger partial charge is 0.321 e. The Labute approximate surface area is 131 Å². The largest absolute Gasteiger partial charge is 0.324 e. The van der Waals surface area contributed by atoms with Gasteiger partial charge in [-0.15, -0.1) is 0 Å². The first-order chi connectivity index (χ1) is 10.1. The van der Waals surface area contributed by atoms with Gasteiger partial charge in [-0.1, -0.05) is 17.7 Å². The van der Waals surface area contributed by atoms with E-state index in [1.165, 1.54) is 12.8 Å². The van der Waals surface area contributed by atoms with Crippen LogP contribution in [-0.2, 0) is 0 Å². The van der Waals surface area contributed by atoms with Gasteiger partial charge in [0.1, 0.15) is 0 Å². The third-order valence-electron chi connectivity index (χ3n) is 3.97. The minimum Gasteiger partial charge on any atom is -0.324 e. The summed E-state index contributed by atoms with van der Waals surface area (Å²) in [6.45, 7) is 7.56. The Hall–Kier alpha value is -1.26. The third kappa shape index (κ3) is 4.61. The Bertz CT molecular complexity index is 486. The number of halogens is 1. The molecule has 1 unspecified atom stereocenters. The molecule has 0 radical (unpaired) electrons. The van der Waals surface area contributed by atoms with E-state index in [0.29, 0.717) is 17.5 Å². The first-order valence-corrected chi connectivity index (χ1v) is 8.00. The molecule has 0 aliphatic carbocycles. The second-order valence-corrected chi connectivity index (χ2v) is 6.05. The predicted molar refractivity (Wildman–Crippen MR) is 88.0 cm³/mol. The molecule has 1 aromatic carbocycles. The van der Waals surface area contributed by atoms with Crippen molar-refractivity contribution in [3.05, 3.63) is 28.8 Å². The van der Waals surface area contributed by atoms with E-state index in [0.717, 1.165) is 30.9 Å². The predicted octanol–water partition coefficient (Wildman–Crippen LogP) is 3.50. The molecule has 1 aliphatic heterocycles. The van der Waals surface area contributed by atoms with Crippen molar-refractivity contribution >= 4 is 23.3 Å². The summed E-state index contributed by atoms with van der Waals surface area (Å²) in [6, 6.07) is 5.54. The lowest BCUT2D eigenvalue weighted by Crippen LogP contribution is -2.42. The van der Waals surface area contributed by atoms with Crippen LogP contribution in [0, 0.1) is 12.8 Å². The fraction of sp³-hybridized carbons (Fsp3) is 0.562. The van der Waals surface area contributed by atoms with Crippen molar-refractivity contribution in [3.8, 4) is 0 Å². The SMILES string of the molecule is CCN(CC1CCCNC1)C(=O)Nc1ccc(C)c(Cl)c1. The fourth-order valence-corrected chi connectivity index (χ4v) is 2.80. The van der Waals surface area contributed by atoms with Gasteiger partial charge in [-0.2, -0.15) is 0 Å². The van der Waals surface area contributed by atoms with E-state index in [-0.39, 0.29) is 6.03 Å². The molecule has 1 atom stereocenters. The van der Waals surface area contributed by atoms with Gasteiger partial charge in [-0.05, 0) is 63.4 Å². The van der Waals surface area contributed by atoms with Gasteiger partial charge in [0.05, 0.1) is 0 Å². The highest BCUT2D eigenvalue weighted by Gasteiger charge is 2.19. The molecular formula is C16H24ClN3O. The summed E-state index contributed by atoms with van der Waals surface area (Å²) in [6.07, 6.45) is 2.38. The monoisotopic (exact) mass is 309 g/mol. The van der Waals surface area contributed by atoms with Gasteiger partial charge < -0.3 is 15.5 Å². The molecule has 2 N–H and O–H groups in total. The van der Waals surface area contributed by atoms with Gasteiger partial charge in [-0.25, -0.2) is 4.79 Å². The number of carbonyl (C=O) groups is 1. The molecular weight excluding hydrogens is 286 g/mol. The quantitative estimate of drug-likeness (QED) is 0.894. The maximum Gasteiger partial charge on any atom is 0.321 e. The van der Waals surface area contributed by atoms with Crippen LogP contribution in [0.4, 0.5) is 10.5 Å². The van der Waals surface area contributed by atoms with Crippen LogP contribution in [-0.4, -0.2) is 37.1 Å². The maximum atomic E-state index is 12.4. The van der Waals surface area contributed by atoms with Crippen LogP contribution in [0.15, 0.2) is 18.2 Å². The van der Waals surface area contributed by atoms with E-state index in [2.05, 4.69) is 10.6 Å². The number of benzene rings is 1. The molecule has 1 saturated heterocycles. The van der Waals surface area contributed by atoms with Crippen LogP contribution in [0.25, 0.3) is 0 Å². The van der Waals surface area contributed by atoms with E-state index >= 15 is 0 Å². The molecule has 1 fully saturated rings. The van der Waals surface area contributed by atoms with Crippen LogP contribution in [0.1, 0.15) is 25.3 Å². The molecule has 4 nitrogen and oxygen atoms in total. The highest BCUT2D eigenvalue weighted by Crippen LogP contribution is 2.20. The number of rotatable bonds is 4. The fourth-order valence-electron chi connectivity index (χ4n) is 2.62. The number of piperidine rings is 1. The van der Waals surface area contributed by atoms with Crippen molar-refractivity contribution in [2.75, 3.05) is 31.5 Å². The number of aryl methyl sites for hydroxylation is 1. The molecule has 21 heavy (non-hydrogen) atoms. The molecule has 1 aromatic rings. The van der Waals surface area contributed by atoms with Gasteiger partial charge in [0.25, 0.3) is 0 Å². The van der Waals surface area contributed by atoms with Crippen molar-refractivity contribution in [2.24, 2.45) is 5.92 Å². The molecule has 0 spiro atoms. The summed E-state index contributed by atoms with van der Waals surface area (Å²) in [5, 5.41) is 7.00. The third-order valence-corrected chi connectivity index (χ3v) is 4.38. The molecule has 1 aliphatic rings. The summed E-state index contributed by atoms with van der Waals surface area (Å²) in [4.78, 5) is 14.2. The summed E-state index contributed by atoms with van der Waals surface area (Å²) in [7, 11) is 0. The summed E-state index contributed by atoms with van der Waals surface area (Å²) in [5.74, 6) is 0.547. The Morgan fingerprint density at radius 1 is 1.52 bits per heavy atom. The summed E-state index contributed by atoms with van der Waals surface area (Å²) >= 11 is 6.09. The lowest BCUT2D eigenvalue weighted by Gasteiger charge is -2.29. The van der Waals surface area contributed by atoms with Gasteiger partial charge in [0.2, 0.25) is 0 Å². The van der Waals surface area contributed by atoms with Crippen LogP contribution in [0.3, 0.4) is 0 Å². The molecule has 116 valence electrons. The zero-order valence-corrected chi connectivity index (χ0v) is 13.5. The van der Waals surface area contributed by atoms with Crippen LogP contribution in [0.5, 0.6) is 0 Å². The topological polar surface area (TPSA) is 44.4 Å². The Balaban J connectivity index is 1.94. The van der Waals surface area contributed by atoms with E-state index in [4.69, 9.17) is 11.6 Å². The average Bonchev–Trinajstić information content (AvgIpc) is 2.49. The van der Waals surface area contributed by atoms with E-state index in [1.807, 2.05) is 30.9 Å². The molecule has 2 rings (SSSR count). The summed E-state index contributed by atoms with van der Waals surface area (Å²) < 4.78 is 0. The number of anilines is 1. The molecule has 0 saturated carbocycles. The van der Waals surface area contributed by atoms with E-state index in [1.54, 1.807) is 6.07 Å². The lowest BCUT2D eigenvalue weighted by atomic mass is 9.99. The number of carbonyl (C=O) groups excluding carboxylic acids is 1. The van der Waals surface area contributed by atoms with Crippen molar-refractivity contribution in [3.63, 3.8) is 0 Å². The second-order valence-electron chi connectivity index (χ2n) is 5.65. The Morgan fingerprint density at radius 3 is 2.95 bits per heavy atom. The van der Waals surface area contributed by atoms with Gasteiger partial charge in [-0.3, -0.25) is 0 Å². The van der Waals surface area contributed by atoms with Crippen LogP contribution >= 0.6 is 11.6 Å². The standard InChI is InChI=1S/C16H24ClN3O/c1-3-20(11-13-5-4-8-18-10-13)16(21)19-14-7-6-12(2)15(17)9-14/h6-7,9,13,18H,3-5,8,10-11H2,1-2H3,(H,19,21). The zero-order valence-electron chi connectivity index (χ0n) is 12.8. The normalized spacial score (nSPS) is 18.3. The van der Waals surface area contributed by atoms with Crippen LogP contribution < -0.4 is 10.6 Å². The average molecular weight is 310 g/mol. The second kappa shape index (κ2) is 7.66. The van der Waals surface area contributed by atoms with Crippen molar-refractivity contribution in [2.45, 2.75) is 26.7 Å². The zero-order chi connectivity index (χ0) is 15.2. The number of amides is 2. The first kappa shape index (κ1) is 16.1. The minimum absolute atomic E-state index is 0.0528. The number of hydrogen-bond acceptors (Lipinski definition) is 2. The lowest BCUT2D eigenvalue weighted by molar-refractivity contribution is 0.197. The van der Waals surface area contributed by atoms with Gasteiger partial charge in [0.15, 0.2) is 0 Å². The number of urea groups is 1. The molecule has 2 amide bonds. The minimum atomic E-state index is -0.0528. The van der Waals surface area contributed by atoms with Crippen molar-refractivity contribution in [1.82, 2.24) is 10.2 Å². The summed E-state index contributed by atoms with van der Waals surface area (Å²) in [5.41, 5.74) is 1.76. The van der Waals surface area contributed by atoms with Gasteiger partial charge >= 0.3 is 6.03 Å². The van der Waals surface area contributed by atoms with Gasteiger partial charge in [0, 0.05) is 23.8 Å². The van der Waals surface area contributed by atoms with Crippen molar-refractivity contribution in [1.29, 1.82) is 0 Å². The first-order valence-electron chi connectivity index (χ1n) is 7.63. The Morgan fingerprint density at radius 2 is 2.33 bits per heavy atom. The molecule has 1 heterocycles. The molecule has 0 bridgehead atoms. The number of nitrogens with one attached hydrogen (secondary N) is 2. The highest BCUT2D eigenvalue weighted by atomic mass is 35.5. The van der Waals surface area contributed by atoms with E-state index < -0.39 is 0 Å².